The standard InChI is InChI=1S/C20H26FN3O5S2/c1-20(2,3)29-19(26)22-9-8-17(25)23-18-24(10-13-4-6-14(21)7-5-13)15-11-31(27,28)12-16(15)30-18/h4-7,15-16H,8-12H2,1-3H3,(H,22,26). The van der Waals surface area contributed by atoms with Crippen molar-refractivity contribution in [1.29, 1.82) is 0 Å². The first-order valence-corrected chi connectivity index (χ1v) is 12.6. The van der Waals surface area contributed by atoms with Gasteiger partial charge in [0.25, 0.3) is 0 Å². The largest absolute Gasteiger partial charge is 0.444 e. The molecule has 1 N–H and O–H groups in total. The number of amidine groups is 1. The maximum atomic E-state index is 13.2. The van der Waals surface area contributed by atoms with E-state index in [0.717, 1.165) is 5.56 Å². The van der Waals surface area contributed by atoms with Crippen LogP contribution in [-0.4, -0.2) is 65.4 Å². The molecule has 170 valence electrons. The monoisotopic (exact) mass is 471 g/mol. The van der Waals surface area contributed by atoms with Gasteiger partial charge in [-0.25, -0.2) is 17.6 Å². The smallest absolute Gasteiger partial charge is 0.407 e. The molecule has 0 saturated carbocycles. The summed E-state index contributed by atoms with van der Waals surface area (Å²) in [5.74, 6) is -0.748. The fourth-order valence-electron chi connectivity index (χ4n) is 3.36. The van der Waals surface area contributed by atoms with Crippen molar-refractivity contribution in [3.63, 3.8) is 0 Å². The molecular weight excluding hydrogens is 445 g/mol. The van der Waals surface area contributed by atoms with Crippen molar-refractivity contribution in [3.8, 4) is 0 Å². The van der Waals surface area contributed by atoms with Gasteiger partial charge in [0.15, 0.2) is 15.0 Å². The van der Waals surface area contributed by atoms with Gasteiger partial charge in [-0.1, -0.05) is 23.9 Å². The van der Waals surface area contributed by atoms with Gasteiger partial charge in [0, 0.05) is 24.8 Å². The molecule has 0 aliphatic carbocycles. The summed E-state index contributed by atoms with van der Waals surface area (Å²) < 4.78 is 42.5. The van der Waals surface area contributed by atoms with Gasteiger partial charge in [-0.05, 0) is 38.5 Å². The lowest BCUT2D eigenvalue weighted by atomic mass is 10.1. The third kappa shape index (κ3) is 6.67. The van der Waals surface area contributed by atoms with Gasteiger partial charge >= 0.3 is 6.09 Å². The molecule has 0 radical (unpaired) electrons. The van der Waals surface area contributed by atoms with Gasteiger partial charge in [0.2, 0.25) is 5.91 Å². The number of carbonyl (C=O) groups is 2. The van der Waals surface area contributed by atoms with Gasteiger partial charge in [-0.2, -0.15) is 4.99 Å². The van der Waals surface area contributed by atoms with Crippen LogP contribution in [0.4, 0.5) is 9.18 Å². The summed E-state index contributed by atoms with van der Waals surface area (Å²) in [7, 11) is -3.15. The maximum absolute atomic E-state index is 13.2. The highest BCUT2D eigenvalue weighted by molar-refractivity contribution is 8.15. The van der Waals surface area contributed by atoms with Crippen molar-refractivity contribution in [3.05, 3.63) is 35.6 Å². The summed E-state index contributed by atoms with van der Waals surface area (Å²) >= 11 is 1.28. The minimum absolute atomic E-state index is 0.000723. The molecule has 0 spiro atoms. The molecule has 2 unspecified atom stereocenters. The van der Waals surface area contributed by atoms with Gasteiger partial charge in [-0.15, -0.1) is 0 Å². The van der Waals surface area contributed by atoms with E-state index in [1.54, 1.807) is 32.9 Å². The predicted octanol–water partition coefficient (Wildman–Crippen LogP) is 2.34. The summed E-state index contributed by atoms with van der Waals surface area (Å²) in [6.45, 7) is 5.63. The molecule has 2 atom stereocenters. The number of rotatable bonds is 5. The van der Waals surface area contributed by atoms with Gasteiger partial charge < -0.3 is 15.0 Å². The van der Waals surface area contributed by atoms with Crippen LogP contribution < -0.4 is 5.32 Å². The highest BCUT2D eigenvalue weighted by Gasteiger charge is 2.48. The number of aliphatic imine (C=N–C) groups is 1. The molecule has 0 bridgehead atoms. The van der Waals surface area contributed by atoms with Gasteiger partial charge in [-0.3, -0.25) is 4.79 Å². The van der Waals surface area contributed by atoms with Crippen molar-refractivity contribution >= 4 is 38.8 Å². The van der Waals surface area contributed by atoms with E-state index in [-0.39, 0.29) is 41.6 Å². The number of fused-ring (bicyclic) bond motifs is 1. The van der Waals surface area contributed by atoms with Crippen LogP contribution >= 0.6 is 11.8 Å². The second-order valence-corrected chi connectivity index (χ2v) is 11.9. The van der Waals surface area contributed by atoms with Crippen molar-refractivity contribution < 1.29 is 27.1 Å². The normalized spacial score (nSPS) is 23.6. The van der Waals surface area contributed by atoms with Crippen molar-refractivity contribution in [1.82, 2.24) is 10.2 Å². The number of ether oxygens (including phenoxy) is 1. The summed E-state index contributed by atoms with van der Waals surface area (Å²) in [4.78, 5) is 30.0. The van der Waals surface area contributed by atoms with Gasteiger partial charge in [0.1, 0.15) is 11.4 Å². The lowest BCUT2D eigenvalue weighted by Crippen LogP contribution is -2.37. The number of carbonyl (C=O) groups excluding carboxylic acids is 2. The number of sulfone groups is 1. The zero-order valence-electron chi connectivity index (χ0n) is 17.6. The molecule has 2 aliphatic rings. The summed E-state index contributed by atoms with van der Waals surface area (Å²) in [5, 5.41) is 2.77. The van der Waals surface area contributed by atoms with E-state index in [1.807, 2.05) is 4.90 Å². The Morgan fingerprint density at radius 3 is 2.58 bits per heavy atom. The second-order valence-electron chi connectivity index (χ2n) is 8.52. The predicted molar refractivity (Wildman–Crippen MR) is 117 cm³/mol. The Labute approximate surface area is 185 Å². The molecule has 11 heteroatoms. The number of halogens is 1. The van der Waals surface area contributed by atoms with Crippen LogP contribution in [0, 0.1) is 5.82 Å². The molecule has 2 saturated heterocycles. The number of alkyl carbamates (subject to hydrolysis) is 1. The minimum atomic E-state index is -3.15. The molecule has 8 nitrogen and oxygen atoms in total. The van der Waals surface area contributed by atoms with Gasteiger partial charge in [0.05, 0.1) is 17.5 Å². The molecule has 0 aromatic heterocycles. The lowest BCUT2D eigenvalue weighted by Gasteiger charge is -2.24. The third-order valence-corrected chi connectivity index (χ3v) is 7.92. The highest BCUT2D eigenvalue weighted by atomic mass is 32.2. The maximum Gasteiger partial charge on any atom is 0.407 e. The molecule has 31 heavy (non-hydrogen) atoms. The zero-order valence-corrected chi connectivity index (χ0v) is 19.3. The molecule has 3 rings (SSSR count). The van der Waals surface area contributed by atoms with E-state index < -0.39 is 27.4 Å². The number of nitrogens with zero attached hydrogens (tertiary/aromatic N) is 2. The van der Waals surface area contributed by atoms with E-state index >= 15 is 0 Å². The fraction of sp³-hybridized carbons (Fsp3) is 0.550. The highest BCUT2D eigenvalue weighted by Crippen LogP contribution is 2.39. The van der Waals surface area contributed by atoms with Crippen LogP contribution in [0.1, 0.15) is 32.8 Å². The average Bonchev–Trinajstić information content (AvgIpc) is 3.07. The third-order valence-electron chi connectivity index (χ3n) is 4.67. The van der Waals surface area contributed by atoms with Crippen LogP contribution in [-0.2, 0) is 25.9 Å². The molecule has 1 aromatic rings. The molecule has 2 heterocycles. The van der Waals surface area contributed by atoms with Crippen molar-refractivity contribution in [2.75, 3.05) is 18.1 Å². The summed E-state index contributed by atoms with van der Waals surface area (Å²) in [6, 6.07) is 5.64. The molecule has 2 aliphatic heterocycles. The van der Waals surface area contributed by atoms with E-state index in [4.69, 9.17) is 4.74 Å². The first-order valence-electron chi connectivity index (χ1n) is 9.88. The fourth-order valence-corrected chi connectivity index (χ4v) is 7.32. The van der Waals surface area contributed by atoms with Crippen LogP contribution in [0.15, 0.2) is 29.3 Å². The Morgan fingerprint density at radius 2 is 1.94 bits per heavy atom. The van der Waals surface area contributed by atoms with Crippen LogP contribution in [0.5, 0.6) is 0 Å². The van der Waals surface area contributed by atoms with E-state index in [9.17, 15) is 22.4 Å². The Hall–Kier alpha value is -2.14. The summed E-state index contributed by atoms with van der Waals surface area (Å²) in [6.07, 6.45) is -0.623. The van der Waals surface area contributed by atoms with Crippen molar-refractivity contribution in [2.45, 2.75) is 50.6 Å². The minimum Gasteiger partial charge on any atom is -0.444 e. The quantitative estimate of drug-likeness (QED) is 0.703. The van der Waals surface area contributed by atoms with E-state index in [0.29, 0.717) is 11.7 Å². The number of amides is 2. The first-order chi connectivity index (χ1) is 14.4. The lowest BCUT2D eigenvalue weighted by molar-refractivity contribution is -0.117. The van der Waals surface area contributed by atoms with E-state index in [1.165, 1.54) is 23.9 Å². The first kappa shape index (κ1) is 23.5. The Kier molecular flexibility index (Phi) is 6.95. The molecule has 2 fully saturated rings. The average molecular weight is 472 g/mol. The van der Waals surface area contributed by atoms with Crippen molar-refractivity contribution in [2.24, 2.45) is 4.99 Å². The Bertz CT molecular complexity index is 974. The number of hydrogen-bond acceptors (Lipinski definition) is 6. The molecular formula is C20H26FN3O5S2. The molecule has 1 aromatic carbocycles. The number of hydrogen-bond donors (Lipinski definition) is 1. The van der Waals surface area contributed by atoms with Crippen LogP contribution in [0.3, 0.4) is 0 Å². The van der Waals surface area contributed by atoms with Crippen LogP contribution in [0.25, 0.3) is 0 Å². The Morgan fingerprint density at radius 1 is 1.26 bits per heavy atom. The Balaban J connectivity index is 1.66. The topological polar surface area (TPSA) is 105 Å². The SMILES string of the molecule is CC(C)(C)OC(=O)NCCC(=O)N=C1SC2CS(=O)(=O)CC2N1Cc1ccc(F)cc1. The van der Waals surface area contributed by atoms with Crippen LogP contribution in [0.2, 0.25) is 0 Å². The number of thioether (sulfide) groups is 1. The number of benzene rings is 1. The zero-order chi connectivity index (χ0) is 22.8. The number of nitrogens with one attached hydrogen (secondary N) is 1. The summed E-state index contributed by atoms with van der Waals surface area (Å²) in [5.41, 5.74) is 0.159. The molecule has 2 amide bonds. The van der Waals surface area contributed by atoms with E-state index in [2.05, 4.69) is 10.3 Å². The second kappa shape index (κ2) is 9.15.